The van der Waals surface area contributed by atoms with Crippen LogP contribution in [0.5, 0.6) is 0 Å². The molecule has 2 unspecified atom stereocenters. The Kier molecular flexibility index (Phi) is 8.18. The van der Waals surface area contributed by atoms with Gasteiger partial charge in [0.15, 0.2) is 12.1 Å². The molecule has 9 heteroatoms. The molecule has 0 radical (unpaired) electrons. The van der Waals surface area contributed by atoms with Crippen molar-refractivity contribution in [1.29, 1.82) is 0 Å². The van der Waals surface area contributed by atoms with Gasteiger partial charge in [-0.25, -0.2) is 0 Å². The van der Waals surface area contributed by atoms with Crippen molar-refractivity contribution in [3.8, 4) is 0 Å². The van der Waals surface area contributed by atoms with E-state index in [-0.39, 0.29) is 18.1 Å². The third-order valence-corrected chi connectivity index (χ3v) is 9.50. The maximum absolute atomic E-state index is 13.3. The highest BCUT2D eigenvalue weighted by Gasteiger charge is 2.64. The molecule has 38 heavy (non-hydrogen) atoms. The summed E-state index contributed by atoms with van der Waals surface area (Å²) >= 11 is 0. The molecular weight excluding hydrogens is 490 g/mol. The van der Waals surface area contributed by atoms with Crippen molar-refractivity contribution < 1.29 is 38.7 Å². The molecule has 4 aliphatic heterocycles. The molecular formula is C29H49NO8. The number of hydrogen-bond acceptors (Lipinski definition) is 9. The van der Waals surface area contributed by atoms with Crippen molar-refractivity contribution >= 4 is 5.97 Å². The first kappa shape index (κ1) is 29.9. The van der Waals surface area contributed by atoms with Gasteiger partial charge in [-0.1, -0.05) is 20.8 Å². The molecule has 2 N–H and O–H groups in total. The minimum absolute atomic E-state index is 0.0435. The number of fused-ring (bicyclic) bond motifs is 2. The summed E-state index contributed by atoms with van der Waals surface area (Å²) in [5, 5.41) is 22.7. The number of likely N-dealkylation sites (N-methyl/N-ethyl adjacent to an activating group) is 1. The van der Waals surface area contributed by atoms with Crippen molar-refractivity contribution in [2.45, 2.75) is 134 Å². The Morgan fingerprint density at radius 1 is 1.11 bits per heavy atom. The van der Waals surface area contributed by atoms with Crippen LogP contribution in [-0.2, 0) is 28.5 Å². The van der Waals surface area contributed by atoms with Crippen LogP contribution in [0.2, 0.25) is 0 Å². The van der Waals surface area contributed by atoms with Crippen LogP contribution in [0, 0.1) is 17.8 Å². The molecule has 0 aromatic rings. The number of esters is 1. The zero-order valence-corrected chi connectivity index (χ0v) is 24.8. The third-order valence-electron chi connectivity index (χ3n) is 9.50. The summed E-state index contributed by atoms with van der Waals surface area (Å²) in [5.41, 5.74) is -0.848. The predicted molar refractivity (Wildman–Crippen MR) is 141 cm³/mol. The van der Waals surface area contributed by atoms with E-state index in [0.29, 0.717) is 19.3 Å². The van der Waals surface area contributed by atoms with E-state index in [1.807, 2.05) is 66.6 Å². The van der Waals surface area contributed by atoms with Crippen molar-refractivity contribution in [3.63, 3.8) is 0 Å². The van der Waals surface area contributed by atoms with E-state index >= 15 is 0 Å². The summed E-state index contributed by atoms with van der Waals surface area (Å²) in [6.45, 7) is 15.5. The Morgan fingerprint density at radius 2 is 1.76 bits per heavy atom. The first-order chi connectivity index (χ1) is 17.6. The van der Waals surface area contributed by atoms with Crippen molar-refractivity contribution in [3.05, 3.63) is 11.6 Å². The molecule has 4 aliphatic rings. The summed E-state index contributed by atoms with van der Waals surface area (Å²) in [6, 6.07) is -0.151. The molecule has 0 aliphatic carbocycles. The Labute approximate surface area is 227 Å². The average molecular weight is 540 g/mol. The van der Waals surface area contributed by atoms with E-state index in [4.69, 9.17) is 23.7 Å². The van der Waals surface area contributed by atoms with E-state index in [1.165, 1.54) is 0 Å². The monoisotopic (exact) mass is 539 g/mol. The molecule has 4 rings (SSSR count). The number of ether oxygens (including phenoxy) is 5. The van der Waals surface area contributed by atoms with Gasteiger partial charge < -0.3 is 38.8 Å². The smallest absolute Gasteiger partial charge is 0.311 e. The number of rotatable bonds is 4. The fraction of sp³-hybridized carbons (Fsp3) is 0.897. The first-order valence-corrected chi connectivity index (χ1v) is 14.2. The van der Waals surface area contributed by atoms with E-state index in [2.05, 4.69) is 6.92 Å². The Bertz CT molecular complexity index is 926. The summed E-state index contributed by atoms with van der Waals surface area (Å²) in [5.74, 6) is -2.90. The highest BCUT2D eigenvalue weighted by atomic mass is 16.8. The lowest BCUT2D eigenvalue weighted by atomic mass is 9.78. The molecule has 13 atom stereocenters. The van der Waals surface area contributed by atoms with Crippen LogP contribution in [0.1, 0.15) is 74.7 Å². The van der Waals surface area contributed by atoms with Gasteiger partial charge in [-0.05, 0) is 79.6 Å². The van der Waals surface area contributed by atoms with Gasteiger partial charge in [-0.2, -0.15) is 0 Å². The minimum atomic E-state index is -1.07. The Hall–Kier alpha value is -1.07. The molecule has 3 bridgehead atoms. The molecule has 0 aromatic carbocycles. The second-order valence-corrected chi connectivity index (χ2v) is 12.9. The van der Waals surface area contributed by atoms with E-state index < -0.39 is 65.5 Å². The second kappa shape index (κ2) is 10.4. The third kappa shape index (κ3) is 4.86. The molecule has 0 amide bonds. The molecule has 3 saturated heterocycles. The molecule has 0 saturated carbocycles. The summed E-state index contributed by atoms with van der Waals surface area (Å²) in [7, 11) is 3.86. The van der Waals surface area contributed by atoms with Gasteiger partial charge in [0, 0.05) is 17.9 Å². The van der Waals surface area contributed by atoms with Crippen molar-refractivity contribution in [1.82, 2.24) is 4.90 Å². The standard InChI is InChI=1S/C29H49NO8/c1-11-21-27(7)13-15(2)29(37-27)16(3)14-28(8,38-29)24(18(5)22(31)19(6)25(33)35-21)36-26-23(32)20(30(9)10)12-17(4)34-26/h13,16-24,26,31-32H,11-12,14H2,1-10H3/t16?,17-,18+,19-,20+,21-,22+,23-,24-,26+,27+,28-,29?/m1/s1. The molecule has 1 spiro atoms. The number of aliphatic hydroxyl groups excluding tert-OH is 2. The zero-order chi connectivity index (χ0) is 28.4. The quantitative estimate of drug-likeness (QED) is 0.412. The number of aliphatic hydroxyl groups is 2. The topological polar surface area (TPSA) is 107 Å². The number of nitrogens with zero attached hydrogens (tertiary/aromatic N) is 1. The van der Waals surface area contributed by atoms with Gasteiger partial charge in [0.2, 0.25) is 0 Å². The molecule has 3 fully saturated rings. The van der Waals surface area contributed by atoms with Gasteiger partial charge in [0.1, 0.15) is 17.8 Å². The van der Waals surface area contributed by atoms with Crippen LogP contribution in [0.15, 0.2) is 11.6 Å². The van der Waals surface area contributed by atoms with Crippen LogP contribution < -0.4 is 0 Å². The lowest BCUT2D eigenvalue weighted by molar-refractivity contribution is -0.327. The summed E-state index contributed by atoms with van der Waals surface area (Å²) in [6.07, 6.45) is -0.437. The number of hydrogen-bond donors (Lipinski definition) is 2. The minimum Gasteiger partial charge on any atom is -0.459 e. The van der Waals surface area contributed by atoms with Crippen LogP contribution >= 0.6 is 0 Å². The number of cyclic esters (lactones) is 1. The zero-order valence-electron chi connectivity index (χ0n) is 24.8. The number of carbonyl (C=O) groups is 1. The van der Waals surface area contributed by atoms with E-state index in [9.17, 15) is 15.0 Å². The normalized spacial score (nSPS) is 51.8. The molecule has 0 aromatic heterocycles. The fourth-order valence-corrected chi connectivity index (χ4v) is 7.37. The van der Waals surface area contributed by atoms with E-state index in [1.54, 1.807) is 6.92 Å². The Morgan fingerprint density at radius 3 is 2.37 bits per heavy atom. The molecule has 9 nitrogen and oxygen atoms in total. The summed E-state index contributed by atoms with van der Waals surface area (Å²) < 4.78 is 32.4. The maximum Gasteiger partial charge on any atom is 0.311 e. The highest BCUT2D eigenvalue weighted by Crippen LogP contribution is 2.56. The predicted octanol–water partition coefficient (Wildman–Crippen LogP) is 3.01. The second-order valence-electron chi connectivity index (χ2n) is 12.9. The molecule has 4 heterocycles. The largest absolute Gasteiger partial charge is 0.459 e. The van der Waals surface area contributed by atoms with Crippen LogP contribution in [-0.4, -0.2) is 95.0 Å². The maximum atomic E-state index is 13.3. The van der Waals surface area contributed by atoms with Gasteiger partial charge in [0.05, 0.1) is 29.8 Å². The lowest BCUT2D eigenvalue weighted by Gasteiger charge is -2.47. The lowest BCUT2D eigenvalue weighted by Crippen LogP contribution is -2.59. The SMILES string of the molecule is CC[C@H]1OC(=O)[C@H](C)[C@@H](O)[C@H](C)[C@@H](O[C@@H]2O[C@H](C)C[C@H](N(C)C)[C@H]2O)[C@@]2(C)CC(C)C3(O2)O[C@@]1(C)C=C3C. The van der Waals surface area contributed by atoms with Crippen LogP contribution in [0.4, 0.5) is 0 Å². The highest BCUT2D eigenvalue weighted by molar-refractivity contribution is 5.73. The van der Waals surface area contributed by atoms with Crippen molar-refractivity contribution in [2.24, 2.45) is 17.8 Å². The van der Waals surface area contributed by atoms with Gasteiger partial charge in [0.25, 0.3) is 0 Å². The van der Waals surface area contributed by atoms with Gasteiger partial charge >= 0.3 is 5.97 Å². The average Bonchev–Trinajstić information content (AvgIpc) is 3.25. The van der Waals surface area contributed by atoms with Crippen LogP contribution in [0.3, 0.4) is 0 Å². The fourth-order valence-electron chi connectivity index (χ4n) is 7.37. The number of carbonyl (C=O) groups excluding carboxylic acids is 1. The van der Waals surface area contributed by atoms with Gasteiger partial charge in [-0.15, -0.1) is 0 Å². The van der Waals surface area contributed by atoms with Gasteiger partial charge in [-0.3, -0.25) is 4.79 Å². The first-order valence-electron chi connectivity index (χ1n) is 14.2. The van der Waals surface area contributed by atoms with Crippen molar-refractivity contribution in [2.75, 3.05) is 14.1 Å². The summed E-state index contributed by atoms with van der Waals surface area (Å²) in [4.78, 5) is 15.3. The van der Waals surface area contributed by atoms with E-state index in [0.717, 1.165) is 5.57 Å². The molecule has 218 valence electrons. The Balaban J connectivity index is 1.77. The van der Waals surface area contributed by atoms with Crippen LogP contribution in [0.25, 0.3) is 0 Å².